The molecule has 1 aromatic heterocycles. The lowest BCUT2D eigenvalue weighted by Gasteiger charge is -2.03. The summed E-state index contributed by atoms with van der Waals surface area (Å²) in [5, 5.41) is 23.8. The second-order valence-electron chi connectivity index (χ2n) is 3.76. The van der Waals surface area contributed by atoms with Gasteiger partial charge in [0.25, 0.3) is 0 Å². The van der Waals surface area contributed by atoms with Crippen molar-refractivity contribution < 1.29 is 10.0 Å². The Morgan fingerprint density at radius 3 is 2.50 bits per heavy atom. The highest BCUT2D eigenvalue weighted by molar-refractivity contribution is 7.18. The molecule has 78 valence electrons. The molecule has 0 radical (unpaired) electrons. The fraction of sp³-hybridized carbons (Fsp3) is 0. The summed E-state index contributed by atoms with van der Waals surface area (Å²) in [7, 11) is -1.40. The van der Waals surface area contributed by atoms with Gasteiger partial charge in [-0.05, 0) is 33.1 Å². The highest BCUT2D eigenvalue weighted by atomic mass is 32.1. The summed E-state index contributed by atoms with van der Waals surface area (Å²) in [5.74, 6) is 0. The molecular formula is C12H9BO2S. The van der Waals surface area contributed by atoms with Gasteiger partial charge in [-0.1, -0.05) is 30.3 Å². The van der Waals surface area contributed by atoms with Crippen LogP contribution in [0.3, 0.4) is 0 Å². The van der Waals surface area contributed by atoms with Gasteiger partial charge in [-0.2, -0.15) is 0 Å². The van der Waals surface area contributed by atoms with E-state index >= 15 is 0 Å². The minimum atomic E-state index is -1.40. The molecule has 3 aromatic rings. The Balaban J connectivity index is 2.41. The molecule has 0 aliphatic rings. The van der Waals surface area contributed by atoms with Crippen LogP contribution in [0.25, 0.3) is 20.9 Å². The molecular weight excluding hydrogens is 219 g/mol. The number of benzene rings is 2. The minimum Gasteiger partial charge on any atom is -0.423 e. The zero-order valence-corrected chi connectivity index (χ0v) is 9.24. The monoisotopic (exact) mass is 228 g/mol. The third-order valence-corrected chi connectivity index (χ3v) is 3.72. The summed E-state index contributed by atoms with van der Waals surface area (Å²) in [4.78, 5) is 0. The van der Waals surface area contributed by atoms with Gasteiger partial charge in [0.2, 0.25) is 0 Å². The van der Waals surface area contributed by atoms with E-state index in [2.05, 4.69) is 18.2 Å². The van der Waals surface area contributed by atoms with Gasteiger partial charge in [0, 0.05) is 4.70 Å². The van der Waals surface area contributed by atoms with Gasteiger partial charge in [0.1, 0.15) is 0 Å². The van der Waals surface area contributed by atoms with Crippen LogP contribution in [-0.4, -0.2) is 17.2 Å². The topological polar surface area (TPSA) is 40.5 Å². The van der Waals surface area contributed by atoms with Gasteiger partial charge < -0.3 is 10.0 Å². The highest BCUT2D eigenvalue weighted by Gasteiger charge is 2.12. The van der Waals surface area contributed by atoms with E-state index in [4.69, 9.17) is 10.0 Å². The Morgan fingerprint density at radius 2 is 1.69 bits per heavy atom. The van der Waals surface area contributed by atoms with E-state index in [1.54, 1.807) is 17.4 Å². The van der Waals surface area contributed by atoms with Crippen LogP contribution in [0.5, 0.6) is 0 Å². The SMILES string of the molecule is OB(O)c1ccc2ccc3ccsc3c2c1. The smallest absolute Gasteiger partial charge is 0.423 e. The molecule has 1 heterocycles. The predicted molar refractivity (Wildman–Crippen MR) is 69.2 cm³/mol. The first-order valence-electron chi connectivity index (χ1n) is 5.02. The summed E-state index contributed by atoms with van der Waals surface area (Å²) in [6.07, 6.45) is 0. The molecule has 0 saturated carbocycles. The largest absolute Gasteiger partial charge is 0.488 e. The summed E-state index contributed by atoms with van der Waals surface area (Å²) >= 11 is 1.67. The summed E-state index contributed by atoms with van der Waals surface area (Å²) < 4.78 is 1.19. The third kappa shape index (κ3) is 1.43. The van der Waals surface area contributed by atoms with Crippen LogP contribution in [-0.2, 0) is 0 Å². The van der Waals surface area contributed by atoms with Gasteiger partial charge in [-0.15, -0.1) is 11.3 Å². The van der Waals surface area contributed by atoms with Crippen molar-refractivity contribution in [3.63, 3.8) is 0 Å². The lowest BCUT2D eigenvalue weighted by atomic mass is 9.79. The molecule has 0 aliphatic heterocycles. The van der Waals surface area contributed by atoms with E-state index < -0.39 is 7.12 Å². The van der Waals surface area contributed by atoms with Crippen LogP contribution >= 0.6 is 11.3 Å². The maximum Gasteiger partial charge on any atom is 0.488 e. The first-order chi connectivity index (χ1) is 7.75. The van der Waals surface area contributed by atoms with Crippen LogP contribution in [0.15, 0.2) is 41.8 Å². The van der Waals surface area contributed by atoms with Gasteiger partial charge in [-0.25, -0.2) is 0 Å². The molecule has 0 aliphatic carbocycles. The highest BCUT2D eigenvalue weighted by Crippen LogP contribution is 2.28. The molecule has 2 nitrogen and oxygen atoms in total. The Morgan fingerprint density at radius 1 is 0.938 bits per heavy atom. The third-order valence-electron chi connectivity index (χ3n) is 2.76. The average Bonchev–Trinajstić information content (AvgIpc) is 2.76. The number of hydrogen-bond acceptors (Lipinski definition) is 3. The van der Waals surface area contributed by atoms with Crippen LogP contribution in [0.4, 0.5) is 0 Å². The van der Waals surface area contributed by atoms with E-state index in [0.717, 1.165) is 10.8 Å². The molecule has 0 atom stereocenters. The fourth-order valence-electron chi connectivity index (χ4n) is 1.93. The van der Waals surface area contributed by atoms with E-state index in [-0.39, 0.29) is 0 Å². The Kier molecular flexibility index (Phi) is 2.21. The Labute approximate surface area is 96.9 Å². The van der Waals surface area contributed by atoms with E-state index in [0.29, 0.717) is 5.46 Å². The fourth-order valence-corrected chi connectivity index (χ4v) is 2.85. The van der Waals surface area contributed by atoms with E-state index in [1.165, 1.54) is 10.1 Å². The van der Waals surface area contributed by atoms with Crippen molar-refractivity contribution in [3.05, 3.63) is 41.8 Å². The van der Waals surface area contributed by atoms with Gasteiger partial charge in [-0.3, -0.25) is 0 Å². The number of rotatable bonds is 1. The number of hydrogen-bond donors (Lipinski definition) is 2. The maximum absolute atomic E-state index is 9.16. The molecule has 0 bridgehead atoms. The van der Waals surface area contributed by atoms with Crippen LogP contribution in [0, 0.1) is 0 Å². The normalized spacial score (nSPS) is 11.1. The summed E-state index contributed by atoms with van der Waals surface area (Å²) in [5.41, 5.74) is 0.536. The van der Waals surface area contributed by atoms with Gasteiger partial charge in [0.05, 0.1) is 0 Å². The first kappa shape index (κ1) is 9.84. The summed E-state index contributed by atoms with van der Waals surface area (Å²) in [6.45, 7) is 0. The van der Waals surface area contributed by atoms with Crippen LogP contribution < -0.4 is 5.46 Å². The van der Waals surface area contributed by atoms with Gasteiger partial charge >= 0.3 is 7.12 Å². The molecule has 4 heteroatoms. The molecule has 0 fully saturated rings. The van der Waals surface area contributed by atoms with Crippen molar-refractivity contribution in [1.82, 2.24) is 0 Å². The minimum absolute atomic E-state index is 0.536. The quantitative estimate of drug-likeness (QED) is 0.622. The van der Waals surface area contributed by atoms with E-state index in [1.807, 2.05) is 17.5 Å². The molecule has 2 aromatic carbocycles. The number of fused-ring (bicyclic) bond motifs is 3. The second kappa shape index (κ2) is 3.59. The maximum atomic E-state index is 9.16. The Hall–Kier alpha value is -1.36. The average molecular weight is 228 g/mol. The Bertz CT molecular complexity index is 660. The molecule has 2 N–H and O–H groups in total. The lowest BCUT2D eigenvalue weighted by Crippen LogP contribution is -2.29. The molecule has 0 spiro atoms. The lowest BCUT2D eigenvalue weighted by molar-refractivity contribution is 0.426. The molecule has 0 saturated heterocycles. The predicted octanol–water partition coefficient (Wildman–Crippen LogP) is 1.73. The zero-order chi connectivity index (χ0) is 11.1. The summed E-state index contributed by atoms with van der Waals surface area (Å²) in [6, 6.07) is 11.7. The van der Waals surface area contributed by atoms with Gasteiger partial charge in [0.15, 0.2) is 0 Å². The van der Waals surface area contributed by atoms with E-state index in [9.17, 15) is 0 Å². The molecule has 3 rings (SSSR count). The van der Waals surface area contributed by atoms with Crippen molar-refractivity contribution in [2.45, 2.75) is 0 Å². The molecule has 0 unspecified atom stereocenters. The van der Waals surface area contributed by atoms with Crippen molar-refractivity contribution in [3.8, 4) is 0 Å². The number of thiophene rings is 1. The van der Waals surface area contributed by atoms with Crippen LogP contribution in [0.1, 0.15) is 0 Å². The van der Waals surface area contributed by atoms with Crippen molar-refractivity contribution >= 4 is 44.8 Å². The van der Waals surface area contributed by atoms with Crippen molar-refractivity contribution in [2.24, 2.45) is 0 Å². The molecule has 0 amide bonds. The standard InChI is InChI=1S/C12H9BO2S/c14-13(15)10-4-3-8-1-2-9-5-6-16-12(9)11(8)7-10/h1-7,14-15H. The van der Waals surface area contributed by atoms with Crippen LogP contribution in [0.2, 0.25) is 0 Å². The second-order valence-corrected chi connectivity index (χ2v) is 4.67. The van der Waals surface area contributed by atoms with Crippen molar-refractivity contribution in [1.29, 1.82) is 0 Å². The molecule has 16 heavy (non-hydrogen) atoms. The first-order valence-corrected chi connectivity index (χ1v) is 5.90. The van der Waals surface area contributed by atoms with Crippen molar-refractivity contribution in [2.75, 3.05) is 0 Å². The zero-order valence-electron chi connectivity index (χ0n) is 8.42.